The first-order valence-corrected chi connectivity index (χ1v) is 7.59. The summed E-state index contributed by atoms with van der Waals surface area (Å²) in [5.74, 6) is 0.628. The Morgan fingerprint density at radius 2 is 1.73 bits per heavy atom. The van der Waals surface area contributed by atoms with Crippen LogP contribution in [0.5, 0.6) is 5.75 Å². The van der Waals surface area contributed by atoms with Crippen LogP contribution in [-0.2, 0) is 19.4 Å². The van der Waals surface area contributed by atoms with Crippen LogP contribution in [0.25, 0.3) is 0 Å². The molecule has 0 amide bonds. The number of anilines is 1. The number of rotatable bonds is 5. The normalized spacial score (nSPS) is 11.5. The van der Waals surface area contributed by atoms with Crippen molar-refractivity contribution in [2.45, 2.75) is 33.2 Å². The first-order chi connectivity index (χ1) is 10.6. The molecule has 0 radical (unpaired) electrons. The lowest BCUT2D eigenvalue weighted by Crippen LogP contribution is -2.24. The molecule has 2 aromatic carbocycles. The first-order valence-electron chi connectivity index (χ1n) is 7.59. The van der Waals surface area contributed by atoms with Crippen LogP contribution < -0.4 is 11.1 Å². The van der Waals surface area contributed by atoms with E-state index in [1.807, 2.05) is 6.07 Å². The Morgan fingerprint density at radius 1 is 1.09 bits per heavy atom. The molecule has 0 aromatic heterocycles. The van der Waals surface area contributed by atoms with E-state index < -0.39 is 0 Å². The minimum atomic E-state index is 0.240. The van der Waals surface area contributed by atoms with Crippen LogP contribution in [0, 0.1) is 0 Å². The number of benzene rings is 2. The minimum absolute atomic E-state index is 0.240. The second kappa shape index (κ2) is 7.50. The van der Waals surface area contributed by atoms with Crippen molar-refractivity contribution in [3.63, 3.8) is 0 Å². The number of phenolic OH excluding ortho intramolecular Hbond substituents is 1. The Balaban J connectivity index is 2.14. The maximum absolute atomic E-state index is 9.45. The number of para-hydroxylation sites is 1. The topological polar surface area (TPSA) is 70.6 Å². The number of aromatic hydroxyl groups is 1. The monoisotopic (exact) mass is 297 g/mol. The molecule has 22 heavy (non-hydrogen) atoms. The van der Waals surface area contributed by atoms with Gasteiger partial charge in [0.2, 0.25) is 0 Å². The van der Waals surface area contributed by atoms with E-state index in [1.54, 1.807) is 18.2 Å². The standard InChI is InChI=1S/C18H23N3O/c1-3-14-8-6-9-15(4-2)17(14)21-18(19)20-12-13-7-5-10-16(22)11-13/h5-11,22H,3-4,12H2,1-2H3,(H3,19,20,21). The Morgan fingerprint density at radius 3 is 2.32 bits per heavy atom. The molecule has 0 aliphatic rings. The van der Waals surface area contributed by atoms with Gasteiger partial charge in [-0.15, -0.1) is 0 Å². The molecule has 116 valence electrons. The molecule has 0 aliphatic heterocycles. The van der Waals surface area contributed by atoms with E-state index in [0.29, 0.717) is 12.5 Å². The van der Waals surface area contributed by atoms with Crippen molar-refractivity contribution >= 4 is 11.6 Å². The van der Waals surface area contributed by atoms with Crippen molar-refractivity contribution in [2.24, 2.45) is 10.7 Å². The average Bonchev–Trinajstić information content (AvgIpc) is 2.53. The highest BCUT2D eigenvalue weighted by molar-refractivity contribution is 5.93. The lowest BCUT2D eigenvalue weighted by molar-refractivity contribution is 0.474. The number of guanidine groups is 1. The number of nitrogens with two attached hydrogens (primary N) is 1. The van der Waals surface area contributed by atoms with Gasteiger partial charge in [-0.25, -0.2) is 4.99 Å². The number of hydrogen-bond donors (Lipinski definition) is 3. The number of nitrogens with one attached hydrogen (secondary N) is 1. The van der Waals surface area contributed by atoms with Crippen LogP contribution in [0.15, 0.2) is 47.5 Å². The van der Waals surface area contributed by atoms with Gasteiger partial charge in [0.1, 0.15) is 5.75 Å². The average molecular weight is 297 g/mol. The van der Waals surface area contributed by atoms with E-state index in [2.05, 4.69) is 42.4 Å². The fourth-order valence-corrected chi connectivity index (χ4v) is 2.40. The van der Waals surface area contributed by atoms with E-state index in [1.165, 1.54) is 11.1 Å². The van der Waals surface area contributed by atoms with Crippen molar-refractivity contribution in [3.05, 3.63) is 59.2 Å². The van der Waals surface area contributed by atoms with Gasteiger partial charge >= 0.3 is 0 Å². The van der Waals surface area contributed by atoms with Gasteiger partial charge in [-0.1, -0.05) is 44.2 Å². The fraction of sp³-hybridized carbons (Fsp3) is 0.278. The van der Waals surface area contributed by atoms with Gasteiger partial charge in [0.05, 0.1) is 6.54 Å². The van der Waals surface area contributed by atoms with E-state index in [9.17, 15) is 5.11 Å². The van der Waals surface area contributed by atoms with Crippen molar-refractivity contribution in [3.8, 4) is 5.75 Å². The van der Waals surface area contributed by atoms with Crippen LogP contribution in [0.2, 0.25) is 0 Å². The lowest BCUT2D eigenvalue weighted by Gasteiger charge is -2.14. The minimum Gasteiger partial charge on any atom is -0.508 e. The Bertz CT molecular complexity index is 643. The van der Waals surface area contributed by atoms with Gasteiger partial charge in [0.25, 0.3) is 0 Å². The second-order valence-corrected chi connectivity index (χ2v) is 5.15. The van der Waals surface area contributed by atoms with Crippen LogP contribution in [0.4, 0.5) is 5.69 Å². The van der Waals surface area contributed by atoms with Crippen molar-refractivity contribution in [1.29, 1.82) is 0 Å². The third kappa shape index (κ3) is 4.01. The smallest absolute Gasteiger partial charge is 0.193 e. The molecule has 0 aliphatic carbocycles. The van der Waals surface area contributed by atoms with Crippen molar-refractivity contribution in [1.82, 2.24) is 0 Å². The van der Waals surface area contributed by atoms with Gasteiger partial charge in [0, 0.05) is 5.69 Å². The summed E-state index contributed by atoms with van der Waals surface area (Å²) in [4.78, 5) is 4.35. The molecule has 2 aromatic rings. The Kier molecular flexibility index (Phi) is 5.42. The van der Waals surface area contributed by atoms with Crippen LogP contribution in [-0.4, -0.2) is 11.1 Å². The van der Waals surface area contributed by atoms with E-state index >= 15 is 0 Å². The molecule has 4 N–H and O–H groups in total. The van der Waals surface area contributed by atoms with E-state index in [0.717, 1.165) is 24.1 Å². The molecule has 0 heterocycles. The zero-order valence-electron chi connectivity index (χ0n) is 13.1. The Hall–Kier alpha value is -2.49. The third-order valence-electron chi connectivity index (χ3n) is 3.59. The summed E-state index contributed by atoms with van der Waals surface area (Å²) in [6.07, 6.45) is 1.88. The molecule has 0 bridgehead atoms. The first kappa shape index (κ1) is 15.9. The summed E-state index contributed by atoms with van der Waals surface area (Å²) in [5.41, 5.74) is 10.5. The molecule has 4 nitrogen and oxygen atoms in total. The molecule has 2 rings (SSSR count). The van der Waals surface area contributed by atoms with Gasteiger partial charge in [-0.3, -0.25) is 0 Å². The van der Waals surface area contributed by atoms with Crippen LogP contribution >= 0.6 is 0 Å². The van der Waals surface area contributed by atoms with E-state index in [4.69, 9.17) is 5.73 Å². The highest BCUT2D eigenvalue weighted by Crippen LogP contribution is 2.22. The number of phenols is 1. The van der Waals surface area contributed by atoms with Gasteiger partial charge in [-0.2, -0.15) is 0 Å². The quantitative estimate of drug-likeness (QED) is 0.585. The summed E-state index contributed by atoms with van der Waals surface area (Å²) >= 11 is 0. The molecular formula is C18H23N3O. The predicted molar refractivity (Wildman–Crippen MR) is 92.3 cm³/mol. The van der Waals surface area contributed by atoms with Crippen molar-refractivity contribution < 1.29 is 5.11 Å². The summed E-state index contributed by atoms with van der Waals surface area (Å²) in [7, 11) is 0. The molecule has 0 saturated heterocycles. The zero-order chi connectivity index (χ0) is 15.9. The van der Waals surface area contributed by atoms with Crippen LogP contribution in [0.1, 0.15) is 30.5 Å². The molecule has 0 saturated carbocycles. The largest absolute Gasteiger partial charge is 0.508 e. The number of hydrogen-bond acceptors (Lipinski definition) is 2. The summed E-state index contributed by atoms with van der Waals surface area (Å²) in [5, 5.41) is 12.7. The van der Waals surface area contributed by atoms with Gasteiger partial charge in [0.15, 0.2) is 5.96 Å². The summed E-state index contributed by atoms with van der Waals surface area (Å²) < 4.78 is 0. The maximum Gasteiger partial charge on any atom is 0.193 e. The highest BCUT2D eigenvalue weighted by Gasteiger charge is 2.07. The second-order valence-electron chi connectivity index (χ2n) is 5.15. The molecule has 0 unspecified atom stereocenters. The van der Waals surface area contributed by atoms with Crippen molar-refractivity contribution in [2.75, 3.05) is 5.32 Å². The zero-order valence-corrected chi connectivity index (χ0v) is 13.1. The number of nitrogens with zero attached hydrogens (tertiary/aromatic N) is 1. The summed E-state index contributed by atoms with van der Waals surface area (Å²) in [6.45, 7) is 4.68. The molecule has 4 heteroatoms. The Labute approximate surface area is 131 Å². The molecule has 0 fully saturated rings. The van der Waals surface area contributed by atoms with Gasteiger partial charge in [-0.05, 0) is 41.7 Å². The SMILES string of the molecule is CCc1cccc(CC)c1NC(N)=NCc1cccc(O)c1. The predicted octanol–water partition coefficient (Wildman–Crippen LogP) is 3.44. The molecular weight excluding hydrogens is 274 g/mol. The summed E-state index contributed by atoms with van der Waals surface area (Å²) in [6, 6.07) is 13.3. The fourth-order valence-electron chi connectivity index (χ4n) is 2.40. The van der Waals surface area contributed by atoms with Gasteiger partial charge < -0.3 is 16.2 Å². The lowest BCUT2D eigenvalue weighted by atomic mass is 10.0. The van der Waals surface area contributed by atoms with Crippen LogP contribution in [0.3, 0.4) is 0 Å². The molecule has 0 spiro atoms. The molecule has 0 atom stereocenters. The number of aliphatic imine (C=N–C) groups is 1. The highest BCUT2D eigenvalue weighted by atomic mass is 16.3. The third-order valence-corrected chi connectivity index (χ3v) is 3.59. The van der Waals surface area contributed by atoms with E-state index in [-0.39, 0.29) is 5.75 Å². The number of aryl methyl sites for hydroxylation is 2. The maximum atomic E-state index is 9.45.